The van der Waals surface area contributed by atoms with E-state index in [4.69, 9.17) is 0 Å². The van der Waals surface area contributed by atoms with E-state index in [2.05, 4.69) is 20.5 Å². The smallest absolute Gasteiger partial charge is 0.224 e. The Morgan fingerprint density at radius 3 is 3.00 bits per heavy atom. The number of hydrogen-bond acceptors (Lipinski definition) is 2. The summed E-state index contributed by atoms with van der Waals surface area (Å²) in [5.74, 6) is 0.0325. The highest BCUT2D eigenvalue weighted by atomic mass is 16.1. The van der Waals surface area contributed by atoms with Gasteiger partial charge in [0.1, 0.15) is 0 Å². The van der Waals surface area contributed by atoms with Crippen molar-refractivity contribution >= 4 is 16.8 Å². The van der Waals surface area contributed by atoms with Gasteiger partial charge in [-0.25, -0.2) is 0 Å². The Kier molecular flexibility index (Phi) is 4.07. The summed E-state index contributed by atoms with van der Waals surface area (Å²) >= 11 is 0. The minimum Gasteiger partial charge on any atom is -0.361 e. The zero-order valence-corrected chi connectivity index (χ0v) is 13.7. The highest BCUT2D eigenvalue weighted by molar-refractivity contribution is 5.88. The number of amides is 1. The van der Waals surface area contributed by atoms with Crippen LogP contribution in [-0.4, -0.2) is 21.1 Å². The van der Waals surface area contributed by atoms with Gasteiger partial charge in [0.25, 0.3) is 0 Å². The molecule has 5 heteroatoms. The highest BCUT2D eigenvalue weighted by Crippen LogP contribution is 2.22. The lowest BCUT2D eigenvalue weighted by Gasteiger charge is -2.05. The van der Waals surface area contributed by atoms with Gasteiger partial charge in [0.2, 0.25) is 5.91 Å². The van der Waals surface area contributed by atoms with Crippen LogP contribution in [0.3, 0.4) is 0 Å². The van der Waals surface area contributed by atoms with Crippen LogP contribution in [0.5, 0.6) is 0 Å². The Labute approximate surface area is 140 Å². The first kappa shape index (κ1) is 15.0. The topological polar surface area (TPSA) is 73.6 Å². The summed E-state index contributed by atoms with van der Waals surface area (Å²) in [4.78, 5) is 15.5. The fraction of sp³-hybridized carbons (Fsp3) is 0.368. The van der Waals surface area contributed by atoms with E-state index >= 15 is 0 Å². The summed E-state index contributed by atoms with van der Waals surface area (Å²) in [5.41, 5.74) is 5.68. The van der Waals surface area contributed by atoms with Crippen molar-refractivity contribution in [1.29, 1.82) is 0 Å². The molecule has 5 nitrogen and oxygen atoms in total. The van der Waals surface area contributed by atoms with E-state index in [1.165, 1.54) is 30.5 Å². The predicted octanol–water partition coefficient (Wildman–Crippen LogP) is 3.02. The molecule has 1 aromatic carbocycles. The van der Waals surface area contributed by atoms with Crippen molar-refractivity contribution in [3.8, 4) is 0 Å². The molecule has 0 unspecified atom stereocenters. The maximum absolute atomic E-state index is 12.3. The van der Waals surface area contributed by atoms with Crippen molar-refractivity contribution in [2.45, 2.75) is 45.1 Å². The minimum absolute atomic E-state index is 0.0325. The number of carbonyl (C=O) groups excluding carboxylic acids is 1. The van der Waals surface area contributed by atoms with Gasteiger partial charge in [-0.1, -0.05) is 24.6 Å². The van der Waals surface area contributed by atoms with Gasteiger partial charge in [-0.05, 0) is 42.9 Å². The number of para-hydroxylation sites is 1. The number of aromatic nitrogens is 3. The normalized spacial score (nSPS) is 14.3. The number of hydrogen-bond donors (Lipinski definition) is 3. The Morgan fingerprint density at radius 1 is 1.17 bits per heavy atom. The van der Waals surface area contributed by atoms with Crippen LogP contribution < -0.4 is 5.32 Å². The predicted molar refractivity (Wildman–Crippen MR) is 93.7 cm³/mol. The number of rotatable bonds is 4. The first-order chi connectivity index (χ1) is 11.8. The third-order valence-corrected chi connectivity index (χ3v) is 4.87. The molecule has 1 amide bonds. The number of H-pyrrole nitrogens is 2. The highest BCUT2D eigenvalue weighted by Gasteiger charge is 2.16. The molecule has 0 fully saturated rings. The largest absolute Gasteiger partial charge is 0.361 e. The lowest BCUT2D eigenvalue weighted by atomic mass is 10.1. The van der Waals surface area contributed by atoms with Gasteiger partial charge in [-0.2, -0.15) is 5.10 Å². The maximum Gasteiger partial charge on any atom is 0.224 e. The average Bonchev–Trinajstić information content (AvgIpc) is 3.10. The molecule has 0 saturated heterocycles. The molecule has 1 aliphatic carbocycles. The summed E-state index contributed by atoms with van der Waals surface area (Å²) in [6.45, 7) is 0.507. The van der Waals surface area contributed by atoms with Crippen molar-refractivity contribution < 1.29 is 4.79 Å². The number of aryl methyl sites for hydroxylation is 1. The summed E-state index contributed by atoms with van der Waals surface area (Å²) in [5, 5.41) is 11.7. The number of carbonyl (C=O) groups is 1. The van der Waals surface area contributed by atoms with Crippen molar-refractivity contribution in [3.05, 3.63) is 53.0 Å². The van der Waals surface area contributed by atoms with Crippen LogP contribution >= 0.6 is 0 Å². The molecular weight excluding hydrogens is 300 g/mol. The summed E-state index contributed by atoms with van der Waals surface area (Å²) in [6.07, 6.45) is 8.16. The van der Waals surface area contributed by atoms with Crippen LogP contribution in [0.2, 0.25) is 0 Å². The molecule has 3 N–H and O–H groups in total. The van der Waals surface area contributed by atoms with E-state index in [9.17, 15) is 4.79 Å². The van der Waals surface area contributed by atoms with E-state index in [0.29, 0.717) is 13.0 Å². The summed E-state index contributed by atoms with van der Waals surface area (Å²) < 4.78 is 0. The number of aromatic amines is 2. The number of nitrogens with zero attached hydrogens (tertiary/aromatic N) is 1. The third-order valence-electron chi connectivity index (χ3n) is 4.87. The molecule has 0 saturated carbocycles. The third kappa shape index (κ3) is 2.94. The molecule has 0 aliphatic heterocycles. The SMILES string of the molecule is O=C(Cc1c[nH]c2ccccc12)NCc1n[nH]c2c1CCCCC2. The van der Waals surface area contributed by atoms with Gasteiger partial charge >= 0.3 is 0 Å². The van der Waals surface area contributed by atoms with Crippen LogP contribution in [0.15, 0.2) is 30.5 Å². The second-order valence-corrected chi connectivity index (χ2v) is 6.50. The molecule has 2 heterocycles. The Bertz CT molecular complexity index is 861. The number of fused-ring (bicyclic) bond motifs is 2. The van der Waals surface area contributed by atoms with Crippen LogP contribution in [0, 0.1) is 0 Å². The number of benzene rings is 1. The van der Waals surface area contributed by atoms with Gasteiger partial charge in [0.05, 0.1) is 18.7 Å². The monoisotopic (exact) mass is 322 g/mol. The van der Waals surface area contributed by atoms with E-state index in [-0.39, 0.29) is 5.91 Å². The lowest BCUT2D eigenvalue weighted by molar-refractivity contribution is -0.120. The standard InChI is InChI=1S/C19H22N4O/c24-19(10-13-11-20-16-8-5-4-6-14(13)16)21-12-18-15-7-2-1-3-9-17(15)22-23-18/h4-6,8,11,20H,1-3,7,9-10,12H2,(H,21,24)(H,22,23). The molecule has 0 atom stereocenters. The van der Waals surface area contributed by atoms with E-state index in [1.54, 1.807) is 0 Å². The second-order valence-electron chi connectivity index (χ2n) is 6.50. The molecule has 124 valence electrons. The number of nitrogens with one attached hydrogen (secondary N) is 3. The first-order valence-electron chi connectivity index (χ1n) is 8.68. The van der Waals surface area contributed by atoms with Gasteiger partial charge in [0, 0.05) is 22.8 Å². The van der Waals surface area contributed by atoms with Crippen molar-refractivity contribution in [2.75, 3.05) is 0 Å². The zero-order valence-electron chi connectivity index (χ0n) is 13.7. The van der Waals surface area contributed by atoms with Crippen molar-refractivity contribution in [1.82, 2.24) is 20.5 Å². The summed E-state index contributed by atoms with van der Waals surface area (Å²) in [7, 11) is 0. The van der Waals surface area contributed by atoms with Crippen LogP contribution in [0.4, 0.5) is 0 Å². The molecular formula is C19H22N4O. The Morgan fingerprint density at radius 2 is 2.04 bits per heavy atom. The maximum atomic E-state index is 12.3. The molecule has 1 aliphatic rings. The average molecular weight is 322 g/mol. The van der Waals surface area contributed by atoms with E-state index in [1.807, 2.05) is 30.5 Å². The molecule has 2 aromatic heterocycles. The van der Waals surface area contributed by atoms with E-state index < -0.39 is 0 Å². The van der Waals surface area contributed by atoms with E-state index in [0.717, 1.165) is 35.0 Å². The molecule has 4 rings (SSSR count). The molecule has 0 bridgehead atoms. The zero-order chi connectivity index (χ0) is 16.4. The van der Waals surface area contributed by atoms with Gasteiger partial charge in [0.15, 0.2) is 0 Å². The van der Waals surface area contributed by atoms with Gasteiger partial charge in [-0.3, -0.25) is 9.89 Å². The van der Waals surface area contributed by atoms with Crippen molar-refractivity contribution in [2.24, 2.45) is 0 Å². The molecule has 0 spiro atoms. The Balaban J connectivity index is 1.41. The fourth-order valence-electron chi connectivity index (χ4n) is 3.57. The van der Waals surface area contributed by atoms with Gasteiger partial charge < -0.3 is 10.3 Å². The molecule has 24 heavy (non-hydrogen) atoms. The minimum atomic E-state index is 0.0325. The van der Waals surface area contributed by atoms with Crippen LogP contribution in [0.1, 0.15) is 41.8 Å². The molecule has 0 radical (unpaired) electrons. The van der Waals surface area contributed by atoms with Gasteiger partial charge in [-0.15, -0.1) is 0 Å². The first-order valence-corrected chi connectivity index (χ1v) is 8.68. The summed E-state index contributed by atoms with van der Waals surface area (Å²) in [6, 6.07) is 8.06. The van der Waals surface area contributed by atoms with Crippen molar-refractivity contribution in [3.63, 3.8) is 0 Å². The quantitative estimate of drug-likeness (QED) is 0.646. The van der Waals surface area contributed by atoms with Crippen LogP contribution in [0.25, 0.3) is 10.9 Å². The van der Waals surface area contributed by atoms with Crippen LogP contribution in [-0.2, 0) is 30.6 Å². The Hall–Kier alpha value is -2.56. The molecule has 3 aromatic rings. The second kappa shape index (κ2) is 6.51. The lowest BCUT2D eigenvalue weighted by Crippen LogP contribution is -2.25. The fourth-order valence-corrected chi connectivity index (χ4v) is 3.57.